The van der Waals surface area contributed by atoms with Gasteiger partial charge in [0.25, 0.3) is 0 Å². The van der Waals surface area contributed by atoms with E-state index in [1.807, 2.05) is 32.0 Å². The summed E-state index contributed by atoms with van der Waals surface area (Å²) < 4.78 is 16.4. The van der Waals surface area contributed by atoms with Gasteiger partial charge in [-0.3, -0.25) is 0 Å². The van der Waals surface area contributed by atoms with Crippen LogP contribution < -0.4 is 4.74 Å². The van der Waals surface area contributed by atoms with E-state index in [0.29, 0.717) is 10.8 Å². The van der Waals surface area contributed by atoms with Crippen molar-refractivity contribution in [1.29, 1.82) is 0 Å². The van der Waals surface area contributed by atoms with Gasteiger partial charge in [0.15, 0.2) is 6.29 Å². The Morgan fingerprint density at radius 2 is 2.00 bits per heavy atom. The molecule has 1 saturated heterocycles. The van der Waals surface area contributed by atoms with E-state index in [4.69, 9.17) is 25.8 Å². The van der Waals surface area contributed by atoms with Crippen LogP contribution in [0.5, 0.6) is 5.75 Å². The highest BCUT2D eigenvalue weighted by atomic mass is 35.5. The summed E-state index contributed by atoms with van der Waals surface area (Å²) in [5.74, 6) is 0.662. The van der Waals surface area contributed by atoms with Crippen LogP contribution in [0.2, 0.25) is 5.02 Å². The van der Waals surface area contributed by atoms with E-state index >= 15 is 0 Å². The lowest BCUT2D eigenvalue weighted by atomic mass is 10.1. The summed E-state index contributed by atoms with van der Waals surface area (Å²) in [6.07, 6.45) is -0.320. The first-order valence-electron chi connectivity index (χ1n) is 5.26. The minimum Gasteiger partial charge on any atom is -0.495 e. The maximum absolute atomic E-state index is 6.24. The Hall–Kier alpha value is -0.770. The number of benzene rings is 1. The van der Waals surface area contributed by atoms with Crippen molar-refractivity contribution in [3.63, 3.8) is 0 Å². The van der Waals surface area contributed by atoms with Crippen molar-refractivity contribution in [3.05, 3.63) is 28.8 Å². The molecule has 0 unspecified atom stereocenters. The molecule has 0 N–H and O–H groups in total. The van der Waals surface area contributed by atoms with E-state index in [1.165, 1.54) is 0 Å². The summed E-state index contributed by atoms with van der Waals surface area (Å²) >= 11 is 6.24. The molecule has 0 aromatic heterocycles. The smallest absolute Gasteiger partial charge is 0.156 e. The van der Waals surface area contributed by atoms with Crippen LogP contribution in [-0.2, 0) is 9.47 Å². The summed E-state index contributed by atoms with van der Waals surface area (Å²) in [5.41, 5.74) is 0.915. The maximum atomic E-state index is 6.24. The first-order chi connectivity index (χ1) is 7.63. The van der Waals surface area contributed by atoms with E-state index in [0.717, 1.165) is 5.56 Å². The first-order valence-corrected chi connectivity index (χ1v) is 5.64. The largest absolute Gasteiger partial charge is 0.495 e. The molecule has 1 heterocycles. The van der Waals surface area contributed by atoms with Crippen molar-refractivity contribution < 1.29 is 14.2 Å². The highest BCUT2D eigenvalue weighted by Crippen LogP contribution is 2.39. The predicted octanol–water partition coefficient (Wildman–Crippen LogP) is 3.17. The van der Waals surface area contributed by atoms with E-state index in [2.05, 4.69) is 0 Å². The Kier molecular flexibility index (Phi) is 3.38. The number of methoxy groups -OCH3 is 1. The monoisotopic (exact) mass is 242 g/mol. The summed E-state index contributed by atoms with van der Waals surface area (Å²) in [4.78, 5) is 0. The zero-order valence-corrected chi connectivity index (χ0v) is 10.3. The van der Waals surface area contributed by atoms with Gasteiger partial charge in [0.2, 0.25) is 0 Å². The van der Waals surface area contributed by atoms with Gasteiger partial charge in [-0.1, -0.05) is 23.7 Å². The van der Waals surface area contributed by atoms with Gasteiger partial charge in [0.1, 0.15) is 11.9 Å². The summed E-state index contributed by atoms with van der Waals surface area (Å²) in [6, 6.07) is 5.67. The molecule has 88 valence electrons. The van der Waals surface area contributed by atoms with Crippen molar-refractivity contribution in [2.24, 2.45) is 0 Å². The van der Waals surface area contributed by atoms with E-state index in [-0.39, 0.29) is 18.5 Å². The first kappa shape index (κ1) is 11.7. The molecule has 1 aromatic rings. The third-order valence-corrected chi connectivity index (χ3v) is 3.09. The molecule has 0 saturated carbocycles. The molecule has 1 aliphatic heterocycles. The van der Waals surface area contributed by atoms with Crippen molar-refractivity contribution in [2.75, 3.05) is 7.11 Å². The summed E-state index contributed by atoms with van der Waals surface area (Å²) in [5, 5.41) is 0.597. The predicted molar refractivity (Wildman–Crippen MR) is 61.8 cm³/mol. The molecule has 3 nitrogen and oxygen atoms in total. The van der Waals surface area contributed by atoms with Crippen LogP contribution in [-0.4, -0.2) is 19.5 Å². The fourth-order valence-electron chi connectivity index (χ4n) is 1.95. The van der Waals surface area contributed by atoms with Crippen LogP contribution >= 0.6 is 11.6 Å². The molecule has 0 aliphatic carbocycles. The van der Waals surface area contributed by atoms with Crippen LogP contribution in [0.15, 0.2) is 18.2 Å². The molecular weight excluding hydrogens is 228 g/mol. The molecule has 2 rings (SSSR count). The van der Waals surface area contributed by atoms with Crippen molar-refractivity contribution in [1.82, 2.24) is 0 Å². The van der Waals surface area contributed by atoms with Gasteiger partial charge in [-0.15, -0.1) is 0 Å². The van der Waals surface area contributed by atoms with Crippen LogP contribution in [0.3, 0.4) is 0 Å². The molecule has 1 aromatic carbocycles. The van der Waals surface area contributed by atoms with E-state index in [1.54, 1.807) is 7.11 Å². The highest BCUT2D eigenvalue weighted by molar-refractivity contribution is 6.32. The van der Waals surface area contributed by atoms with Crippen molar-refractivity contribution >= 4 is 11.6 Å². The third kappa shape index (κ3) is 2.03. The van der Waals surface area contributed by atoms with E-state index < -0.39 is 0 Å². The number of halogens is 1. The van der Waals surface area contributed by atoms with Gasteiger partial charge in [-0.25, -0.2) is 0 Å². The molecule has 0 bridgehead atoms. The van der Waals surface area contributed by atoms with Crippen LogP contribution in [0.1, 0.15) is 25.5 Å². The van der Waals surface area contributed by atoms with Gasteiger partial charge in [0.05, 0.1) is 18.2 Å². The van der Waals surface area contributed by atoms with Gasteiger partial charge < -0.3 is 14.2 Å². The molecule has 1 aliphatic rings. The number of rotatable bonds is 2. The Morgan fingerprint density at radius 3 is 2.56 bits per heavy atom. The normalized spacial score (nSPS) is 29.4. The maximum Gasteiger partial charge on any atom is 0.156 e. The van der Waals surface area contributed by atoms with Crippen LogP contribution in [0, 0.1) is 0 Å². The summed E-state index contributed by atoms with van der Waals surface area (Å²) in [7, 11) is 1.60. The van der Waals surface area contributed by atoms with Gasteiger partial charge in [0, 0.05) is 5.56 Å². The second-order valence-corrected chi connectivity index (χ2v) is 4.21. The third-order valence-electron chi connectivity index (χ3n) is 2.69. The molecule has 16 heavy (non-hydrogen) atoms. The number of hydrogen-bond donors (Lipinski definition) is 0. The highest BCUT2D eigenvalue weighted by Gasteiger charge is 2.33. The minimum atomic E-state index is -0.192. The zero-order chi connectivity index (χ0) is 11.7. The van der Waals surface area contributed by atoms with Crippen molar-refractivity contribution in [2.45, 2.75) is 32.3 Å². The second kappa shape index (κ2) is 4.62. The van der Waals surface area contributed by atoms with Crippen LogP contribution in [0.4, 0.5) is 0 Å². The fourth-order valence-corrected chi connectivity index (χ4v) is 2.26. The Balaban J connectivity index is 2.33. The molecule has 4 heteroatoms. The number of ether oxygens (including phenoxy) is 3. The minimum absolute atomic E-state index is 0.000365. The zero-order valence-electron chi connectivity index (χ0n) is 9.57. The average molecular weight is 243 g/mol. The van der Waals surface area contributed by atoms with Crippen molar-refractivity contribution in [3.8, 4) is 5.75 Å². The summed E-state index contributed by atoms with van der Waals surface area (Å²) in [6.45, 7) is 3.86. The average Bonchev–Trinajstić information content (AvgIpc) is 2.58. The lowest BCUT2D eigenvalue weighted by Gasteiger charge is -2.16. The molecule has 1 fully saturated rings. The standard InChI is InChI=1S/C12H15ClO3/c1-7-12(16-8(2)15-7)9-5-4-6-10(14-3)11(9)13/h4-8,12H,1-3H3/t7-,8+,12+/m0/s1. The molecule has 3 atom stereocenters. The molecule has 0 radical (unpaired) electrons. The second-order valence-electron chi connectivity index (χ2n) is 3.83. The quantitative estimate of drug-likeness (QED) is 0.797. The van der Waals surface area contributed by atoms with Gasteiger partial charge in [-0.2, -0.15) is 0 Å². The lowest BCUT2D eigenvalue weighted by molar-refractivity contribution is -0.0494. The SMILES string of the molecule is COc1cccc([C@@H]2O[C@H](C)O[C@H]2C)c1Cl. The molecule has 0 amide bonds. The Morgan fingerprint density at radius 1 is 1.25 bits per heavy atom. The molecular formula is C12H15ClO3. The van der Waals surface area contributed by atoms with Crippen LogP contribution in [0.25, 0.3) is 0 Å². The van der Waals surface area contributed by atoms with Gasteiger partial charge in [-0.05, 0) is 19.9 Å². The Labute approximate surface area is 100 Å². The fraction of sp³-hybridized carbons (Fsp3) is 0.500. The van der Waals surface area contributed by atoms with E-state index in [9.17, 15) is 0 Å². The molecule has 0 spiro atoms. The van der Waals surface area contributed by atoms with Gasteiger partial charge >= 0.3 is 0 Å². The Bertz CT molecular complexity index is 381. The lowest BCUT2D eigenvalue weighted by Crippen LogP contribution is -2.11. The topological polar surface area (TPSA) is 27.7 Å². The number of hydrogen-bond acceptors (Lipinski definition) is 3.